The fraction of sp³-hybridized carbons (Fsp3) is 0.946. The van der Waals surface area contributed by atoms with E-state index in [1.165, 1.54) is 193 Å². The molecule has 8 heteroatoms. The van der Waals surface area contributed by atoms with E-state index in [0.29, 0.717) is 30.3 Å². The van der Waals surface area contributed by atoms with Crippen molar-refractivity contribution in [1.29, 1.82) is 0 Å². The molecule has 0 aliphatic heterocycles. The Morgan fingerprint density at radius 1 is 0.312 bits per heavy atom. The third-order valence-electron chi connectivity index (χ3n) is 12.9. The maximum absolute atomic E-state index is 13.1. The molecule has 0 saturated heterocycles. The van der Waals surface area contributed by atoms with Crippen LogP contribution in [0.25, 0.3) is 0 Å². The molecule has 0 unspecified atom stereocenters. The van der Waals surface area contributed by atoms with E-state index in [-0.39, 0.29) is 50.1 Å². The van der Waals surface area contributed by atoms with Crippen molar-refractivity contribution in [2.24, 2.45) is 5.41 Å². The molecule has 0 atom stereocenters. The summed E-state index contributed by atoms with van der Waals surface area (Å²) in [6.07, 6.45) is 50.3. The van der Waals surface area contributed by atoms with Crippen LogP contribution >= 0.6 is 0 Å². The first kappa shape index (κ1) is 64.7. The number of carbonyl (C=O) groups is 3. The van der Waals surface area contributed by atoms with Gasteiger partial charge in [-0.05, 0) is 19.3 Å². The summed E-state index contributed by atoms with van der Waals surface area (Å²) in [7, 11) is 6.23. The lowest BCUT2D eigenvalue weighted by molar-refractivity contribution is -0.877. The first-order chi connectivity index (χ1) is 30.6. The van der Waals surface area contributed by atoms with Crippen molar-refractivity contribution >= 4 is 17.9 Å². The Morgan fingerprint density at radius 3 is 0.656 bits per heavy atom. The van der Waals surface area contributed by atoms with E-state index in [0.717, 1.165) is 57.8 Å². The Bertz CT molecular complexity index is 974. The molecular formula is C56H110ClNO6. The van der Waals surface area contributed by atoms with Crippen molar-refractivity contribution < 1.29 is 45.5 Å². The van der Waals surface area contributed by atoms with Crippen LogP contribution in [0.4, 0.5) is 0 Å². The van der Waals surface area contributed by atoms with Gasteiger partial charge in [0.25, 0.3) is 0 Å². The van der Waals surface area contributed by atoms with Gasteiger partial charge in [0, 0.05) is 19.3 Å². The fourth-order valence-corrected chi connectivity index (χ4v) is 9.05. The third-order valence-corrected chi connectivity index (χ3v) is 12.9. The lowest BCUT2D eigenvalue weighted by Gasteiger charge is -2.38. The molecule has 0 bridgehead atoms. The van der Waals surface area contributed by atoms with Gasteiger partial charge in [0.2, 0.25) is 0 Å². The molecule has 0 aromatic carbocycles. The van der Waals surface area contributed by atoms with Crippen LogP contribution in [0.1, 0.15) is 290 Å². The molecule has 0 spiro atoms. The van der Waals surface area contributed by atoms with Crippen LogP contribution in [0.5, 0.6) is 0 Å². The summed E-state index contributed by atoms with van der Waals surface area (Å²) in [6, 6.07) is 0. The minimum Gasteiger partial charge on any atom is -1.00 e. The van der Waals surface area contributed by atoms with Gasteiger partial charge >= 0.3 is 17.9 Å². The minimum atomic E-state index is -0.818. The predicted molar refractivity (Wildman–Crippen MR) is 269 cm³/mol. The van der Waals surface area contributed by atoms with Crippen molar-refractivity contribution in [2.75, 3.05) is 47.5 Å². The van der Waals surface area contributed by atoms with Crippen molar-refractivity contribution in [3.05, 3.63) is 0 Å². The molecule has 64 heavy (non-hydrogen) atoms. The molecule has 0 aromatic rings. The Balaban J connectivity index is 0. The van der Waals surface area contributed by atoms with Crippen molar-refractivity contribution in [3.8, 4) is 0 Å². The number of ether oxygens (including phenoxy) is 3. The maximum Gasteiger partial charge on any atom is 0.305 e. The van der Waals surface area contributed by atoms with Crippen molar-refractivity contribution in [1.82, 2.24) is 0 Å². The summed E-state index contributed by atoms with van der Waals surface area (Å²) in [5.74, 6) is -0.668. The first-order valence-electron chi connectivity index (χ1n) is 27.8. The van der Waals surface area contributed by atoms with Gasteiger partial charge < -0.3 is 31.1 Å². The predicted octanol–water partition coefficient (Wildman–Crippen LogP) is 13.8. The SMILES string of the molecule is CCCCCCCCCCCCCCCCCCCC(=O)OCC(COC(=O)CCCCCCCCCCCCC)(COC(=O)CCCCCCCCCCCCC)C[N+](C)(C)C.[Cl-]. The van der Waals surface area contributed by atoms with Gasteiger partial charge in [-0.1, -0.05) is 252 Å². The molecule has 0 heterocycles. The highest BCUT2D eigenvalue weighted by atomic mass is 35.5. The number of carbonyl (C=O) groups excluding carboxylic acids is 3. The Morgan fingerprint density at radius 2 is 0.484 bits per heavy atom. The average molecular weight is 929 g/mol. The van der Waals surface area contributed by atoms with Crippen LogP contribution in [0.3, 0.4) is 0 Å². The number of hydrogen-bond acceptors (Lipinski definition) is 6. The molecule has 0 aliphatic rings. The lowest BCUT2D eigenvalue weighted by Crippen LogP contribution is -3.00. The molecule has 0 rings (SSSR count). The zero-order valence-electron chi connectivity index (χ0n) is 43.8. The molecule has 0 amide bonds. The second kappa shape index (κ2) is 48.1. The van der Waals surface area contributed by atoms with E-state index in [2.05, 4.69) is 41.9 Å². The maximum atomic E-state index is 13.1. The highest BCUT2D eigenvalue weighted by Crippen LogP contribution is 2.25. The lowest BCUT2D eigenvalue weighted by atomic mass is 9.89. The standard InChI is InChI=1S/C56H110NO6.ClH/c1-7-10-13-16-19-22-25-26-27-28-29-30-33-36-39-42-45-48-55(60)63-52-56(49-57(4,5)6,50-61-53(58)46-43-40-37-34-31-23-20-17-14-11-8-2)51-62-54(59)47-44-41-38-35-32-24-21-18-15-12-9-3;/h7-52H2,1-6H3;1H/q+1;/p-1. The highest BCUT2D eigenvalue weighted by molar-refractivity contribution is 5.70. The molecule has 0 aromatic heterocycles. The van der Waals surface area contributed by atoms with E-state index in [1.54, 1.807) is 0 Å². The summed E-state index contributed by atoms with van der Waals surface area (Å²) in [5, 5.41) is 0. The summed E-state index contributed by atoms with van der Waals surface area (Å²) in [4.78, 5) is 39.2. The van der Waals surface area contributed by atoms with Gasteiger partial charge in [-0.2, -0.15) is 0 Å². The number of esters is 3. The molecule has 382 valence electrons. The number of hydrogen-bond donors (Lipinski definition) is 0. The zero-order valence-corrected chi connectivity index (χ0v) is 44.6. The average Bonchev–Trinajstić information content (AvgIpc) is 3.25. The highest BCUT2D eigenvalue weighted by Gasteiger charge is 2.41. The van der Waals surface area contributed by atoms with E-state index in [9.17, 15) is 14.4 Å². The second-order valence-corrected chi connectivity index (χ2v) is 20.9. The molecule has 7 nitrogen and oxygen atoms in total. The molecule has 0 fully saturated rings. The van der Waals surface area contributed by atoms with Crippen LogP contribution in [-0.2, 0) is 28.6 Å². The number of halogens is 1. The second-order valence-electron chi connectivity index (χ2n) is 20.9. The van der Waals surface area contributed by atoms with E-state index in [4.69, 9.17) is 14.2 Å². The van der Waals surface area contributed by atoms with Crippen LogP contribution in [0.2, 0.25) is 0 Å². The van der Waals surface area contributed by atoms with Gasteiger partial charge in [-0.15, -0.1) is 0 Å². The number of nitrogens with zero attached hydrogens (tertiary/aromatic N) is 1. The number of unbranched alkanes of at least 4 members (excludes halogenated alkanes) is 36. The molecule has 0 aliphatic carbocycles. The summed E-state index contributed by atoms with van der Waals surface area (Å²) in [6.45, 7) is 7.54. The quantitative estimate of drug-likeness (QED) is 0.0262. The topological polar surface area (TPSA) is 78.9 Å². The van der Waals surface area contributed by atoms with E-state index >= 15 is 0 Å². The molecular weight excluding hydrogens is 818 g/mol. The van der Waals surface area contributed by atoms with Crippen LogP contribution in [-0.4, -0.2) is 69.9 Å². The van der Waals surface area contributed by atoms with Crippen molar-refractivity contribution in [2.45, 2.75) is 290 Å². The summed E-state index contributed by atoms with van der Waals surface area (Å²) in [5.41, 5.74) is -0.818. The van der Waals surface area contributed by atoms with Crippen LogP contribution in [0, 0.1) is 5.41 Å². The van der Waals surface area contributed by atoms with Crippen LogP contribution < -0.4 is 12.4 Å². The third kappa shape index (κ3) is 47.2. The largest absolute Gasteiger partial charge is 1.00 e. The van der Waals surface area contributed by atoms with E-state index < -0.39 is 5.41 Å². The normalized spacial score (nSPS) is 11.7. The molecule has 0 N–H and O–H groups in total. The van der Waals surface area contributed by atoms with Gasteiger partial charge in [0.05, 0.1) is 27.7 Å². The van der Waals surface area contributed by atoms with E-state index in [1.807, 2.05) is 0 Å². The Hall–Kier alpha value is -1.34. The molecule has 0 saturated carbocycles. The molecule has 0 radical (unpaired) electrons. The Kier molecular flexibility index (Phi) is 48.7. The number of quaternary nitrogens is 1. The minimum absolute atomic E-state index is 0. The van der Waals surface area contributed by atoms with Gasteiger partial charge in [0.1, 0.15) is 25.2 Å². The zero-order chi connectivity index (χ0) is 46.4. The monoisotopic (exact) mass is 928 g/mol. The van der Waals surface area contributed by atoms with Crippen LogP contribution in [0.15, 0.2) is 0 Å². The summed E-state index contributed by atoms with van der Waals surface area (Å²) < 4.78 is 18.4. The fourth-order valence-electron chi connectivity index (χ4n) is 9.05. The van der Waals surface area contributed by atoms with Gasteiger partial charge in [-0.3, -0.25) is 14.4 Å². The van der Waals surface area contributed by atoms with Gasteiger partial charge in [-0.25, -0.2) is 0 Å². The smallest absolute Gasteiger partial charge is 0.305 e. The van der Waals surface area contributed by atoms with Gasteiger partial charge in [0.15, 0.2) is 0 Å². The Labute approximate surface area is 405 Å². The summed E-state index contributed by atoms with van der Waals surface area (Å²) >= 11 is 0. The van der Waals surface area contributed by atoms with Crippen molar-refractivity contribution in [3.63, 3.8) is 0 Å². The first-order valence-corrected chi connectivity index (χ1v) is 27.8. The number of rotatable bonds is 50.